The lowest BCUT2D eigenvalue weighted by atomic mass is 10.1. The maximum absolute atomic E-state index is 11.9. The first kappa shape index (κ1) is 16.8. The molecule has 0 bridgehead atoms. The van der Waals surface area contributed by atoms with Gasteiger partial charge in [-0.3, -0.25) is 0 Å². The molecule has 0 amide bonds. The third-order valence-corrected chi connectivity index (χ3v) is 3.32. The maximum atomic E-state index is 11.9. The van der Waals surface area contributed by atoms with Gasteiger partial charge in [0.2, 0.25) is 0 Å². The second kappa shape index (κ2) is 7.65. The van der Waals surface area contributed by atoms with Crippen LogP contribution in [0.3, 0.4) is 0 Å². The first-order valence-corrected chi connectivity index (χ1v) is 7.25. The van der Waals surface area contributed by atoms with Crippen LogP contribution in [0.1, 0.15) is 26.3 Å². The highest BCUT2D eigenvalue weighted by Crippen LogP contribution is 2.21. The maximum Gasteiger partial charge on any atom is 0.339 e. The molecule has 0 spiro atoms. The molecule has 120 valence electrons. The van der Waals surface area contributed by atoms with Crippen LogP contribution in [0.25, 0.3) is 0 Å². The Morgan fingerprint density at radius 2 is 1.78 bits per heavy atom. The van der Waals surface area contributed by atoms with Crippen molar-refractivity contribution in [3.05, 3.63) is 64.2 Å². The average molecular weight is 335 g/mol. The molecule has 5 nitrogen and oxygen atoms in total. The Balaban J connectivity index is 1.89. The molecule has 6 heteroatoms. The number of benzene rings is 2. The Morgan fingerprint density at radius 3 is 2.43 bits per heavy atom. The van der Waals surface area contributed by atoms with Crippen molar-refractivity contribution in [2.75, 3.05) is 13.2 Å². The predicted octanol–water partition coefficient (Wildman–Crippen LogP) is 3.58. The summed E-state index contributed by atoms with van der Waals surface area (Å²) in [5.41, 5.74) is 0.801. The van der Waals surface area contributed by atoms with Crippen LogP contribution in [-0.2, 0) is 4.74 Å². The number of hydrogen-bond donors (Lipinski definition) is 1. The van der Waals surface area contributed by atoms with Crippen LogP contribution in [0.4, 0.5) is 0 Å². The number of carbonyl (C=O) groups is 2. The fourth-order valence-corrected chi connectivity index (χ4v) is 2.21. The fourth-order valence-electron chi connectivity index (χ4n) is 1.99. The molecule has 0 aliphatic carbocycles. The quantitative estimate of drug-likeness (QED) is 0.645. The van der Waals surface area contributed by atoms with E-state index in [-0.39, 0.29) is 24.3 Å². The van der Waals surface area contributed by atoms with E-state index in [2.05, 4.69) is 0 Å². The summed E-state index contributed by atoms with van der Waals surface area (Å²) in [6.07, 6.45) is 0. The fraction of sp³-hybridized carbons (Fsp3) is 0.176. The van der Waals surface area contributed by atoms with Crippen LogP contribution in [0, 0.1) is 6.92 Å². The lowest BCUT2D eigenvalue weighted by Gasteiger charge is -2.10. The molecule has 0 atom stereocenters. The minimum absolute atomic E-state index is 0.00878. The monoisotopic (exact) mass is 334 g/mol. The Bertz CT molecular complexity index is 727. The van der Waals surface area contributed by atoms with Gasteiger partial charge in [-0.1, -0.05) is 23.7 Å². The lowest BCUT2D eigenvalue weighted by molar-refractivity contribution is 0.0442. The van der Waals surface area contributed by atoms with Crippen LogP contribution in [-0.4, -0.2) is 30.3 Å². The number of carboxylic acids is 1. The van der Waals surface area contributed by atoms with Gasteiger partial charge in [-0.05, 0) is 42.8 Å². The van der Waals surface area contributed by atoms with Crippen molar-refractivity contribution in [2.45, 2.75) is 6.92 Å². The largest absolute Gasteiger partial charge is 0.490 e. The van der Waals surface area contributed by atoms with Gasteiger partial charge in [0, 0.05) is 5.02 Å². The lowest BCUT2D eigenvalue weighted by Crippen LogP contribution is -2.15. The summed E-state index contributed by atoms with van der Waals surface area (Å²) in [5.74, 6) is -1.22. The van der Waals surface area contributed by atoms with Gasteiger partial charge in [-0.15, -0.1) is 0 Å². The van der Waals surface area contributed by atoms with Gasteiger partial charge in [-0.2, -0.15) is 0 Å². The van der Waals surface area contributed by atoms with E-state index in [9.17, 15) is 9.59 Å². The van der Waals surface area contributed by atoms with Gasteiger partial charge in [0.05, 0.1) is 11.1 Å². The zero-order valence-corrected chi connectivity index (χ0v) is 13.2. The SMILES string of the molecule is Cc1cc(Cl)ccc1OCCOC(=O)c1ccccc1C(=O)O. The second-order valence-corrected chi connectivity index (χ2v) is 5.18. The van der Waals surface area contributed by atoms with Crippen LogP contribution < -0.4 is 4.74 Å². The van der Waals surface area contributed by atoms with Gasteiger partial charge in [-0.25, -0.2) is 9.59 Å². The van der Waals surface area contributed by atoms with E-state index in [1.807, 2.05) is 6.92 Å². The molecule has 23 heavy (non-hydrogen) atoms. The zero-order chi connectivity index (χ0) is 16.8. The van der Waals surface area contributed by atoms with Crippen LogP contribution >= 0.6 is 11.6 Å². The first-order chi connectivity index (χ1) is 11.0. The third kappa shape index (κ3) is 4.47. The van der Waals surface area contributed by atoms with Gasteiger partial charge in [0.15, 0.2) is 0 Å². The van der Waals surface area contributed by atoms with Crippen molar-refractivity contribution in [1.82, 2.24) is 0 Å². The Hall–Kier alpha value is -2.53. The van der Waals surface area contributed by atoms with E-state index >= 15 is 0 Å². The molecule has 0 radical (unpaired) electrons. The summed E-state index contributed by atoms with van der Waals surface area (Å²) in [6, 6.07) is 11.1. The number of ether oxygens (including phenoxy) is 2. The highest BCUT2D eigenvalue weighted by atomic mass is 35.5. The van der Waals surface area contributed by atoms with Crippen molar-refractivity contribution in [3.63, 3.8) is 0 Å². The molecule has 0 aromatic heterocycles. The Morgan fingerprint density at radius 1 is 1.09 bits per heavy atom. The zero-order valence-electron chi connectivity index (χ0n) is 12.4. The minimum atomic E-state index is -1.18. The smallest absolute Gasteiger partial charge is 0.339 e. The van der Waals surface area contributed by atoms with Crippen molar-refractivity contribution in [3.8, 4) is 5.75 Å². The highest BCUT2D eigenvalue weighted by Gasteiger charge is 2.16. The van der Waals surface area contributed by atoms with Crippen LogP contribution in [0.5, 0.6) is 5.75 Å². The standard InChI is InChI=1S/C17H15ClO5/c1-11-10-12(18)6-7-15(11)22-8-9-23-17(21)14-5-3-2-4-13(14)16(19)20/h2-7,10H,8-9H2,1H3,(H,19,20). The molecule has 2 aromatic carbocycles. The number of carboxylic acid groups (broad SMARTS) is 1. The van der Waals surface area contributed by atoms with Crippen molar-refractivity contribution in [1.29, 1.82) is 0 Å². The van der Waals surface area contributed by atoms with Crippen molar-refractivity contribution in [2.24, 2.45) is 0 Å². The summed E-state index contributed by atoms with van der Waals surface area (Å²) < 4.78 is 10.6. The molecule has 2 rings (SSSR count). The average Bonchev–Trinajstić information content (AvgIpc) is 2.53. The molecule has 0 unspecified atom stereocenters. The second-order valence-electron chi connectivity index (χ2n) is 4.74. The normalized spacial score (nSPS) is 10.2. The molecule has 0 aliphatic rings. The molecule has 0 saturated carbocycles. The molecule has 0 fully saturated rings. The first-order valence-electron chi connectivity index (χ1n) is 6.87. The number of carbonyl (C=O) groups excluding carboxylic acids is 1. The van der Waals surface area contributed by atoms with E-state index in [0.717, 1.165) is 5.56 Å². The molecule has 0 saturated heterocycles. The molecular formula is C17H15ClO5. The summed E-state index contributed by atoms with van der Waals surface area (Å²) in [4.78, 5) is 23.0. The Kier molecular flexibility index (Phi) is 5.60. The molecular weight excluding hydrogens is 320 g/mol. The van der Waals surface area contributed by atoms with E-state index < -0.39 is 11.9 Å². The minimum Gasteiger partial charge on any atom is -0.490 e. The number of hydrogen-bond acceptors (Lipinski definition) is 4. The number of halogens is 1. The predicted molar refractivity (Wildman–Crippen MR) is 85.4 cm³/mol. The number of rotatable bonds is 6. The van der Waals surface area contributed by atoms with Crippen LogP contribution in [0.15, 0.2) is 42.5 Å². The number of esters is 1. The summed E-state index contributed by atoms with van der Waals surface area (Å²) >= 11 is 5.86. The van der Waals surface area contributed by atoms with E-state index in [4.69, 9.17) is 26.2 Å². The summed E-state index contributed by atoms with van der Waals surface area (Å²) in [6.45, 7) is 2.02. The van der Waals surface area contributed by atoms with Crippen molar-refractivity contribution >= 4 is 23.5 Å². The van der Waals surface area contributed by atoms with E-state index in [1.165, 1.54) is 12.1 Å². The van der Waals surface area contributed by atoms with Crippen molar-refractivity contribution < 1.29 is 24.2 Å². The molecule has 2 aromatic rings. The van der Waals surface area contributed by atoms with E-state index in [0.29, 0.717) is 10.8 Å². The summed E-state index contributed by atoms with van der Waals surface area (Å²) in [7, 11) is 0. The van der Waals surface area contributed by atoms with Gasteiger partial charge >= 0.3 is 11.9 Å². The molecule has 1 N–H and O–H groups in total. The highest BCUT2D eigenvalue weighted by molar-refractivity contribution is 6.30. The summed E-state index contributed by atoms with van der Waals surface area (Å²) in [5, 5.41) is 9.66. The Labute approximate surface area is 138 Å². The topological polar surface area (TPSA) is 72.8 Å². The number of aromatic carboxylic acids is 1. The van der Waals surface area contributed by atoms with E-state index in [1.54, 1.807) is 30.3 Å². The third-order valence-electron chi connectivity index (χ3n) is 3.09. The molecule has 0 heterocycles. The molecule has 0 aliphatic heterocycles. The van der Waals surface area contributed by atoms with Gasteiger partial charge in [0.25, 0.3) is 0 Å². The van der Waals surface area contributed by atoms with Crippen LogP contribution in [0.2, 0.25) is 5.02 Å². The van der Waals surface area contributed by atoms with Gasteiger partial charge in [0.1, 0.15) is 19.0 Å². The van der Waals surface area contributed by atoms with Gasteiger partial charge < -0.3 is 14.6 Å². The number of aryl methyl sites for hydroxylation is 1.